The summed E-state index contributed by atoms with van der Waals surface area (Å²) in [6, 6.07) is 10.4. The van der Waals surface area contributed by atoms with E-state index in [4.69, 9.17) is 0 Å². The number of aliphatic hydroxyl groups is 1. The zero-order chi connectivity index (χ0) is 13.2. The van der Waals surface area contributed by atoms with Crippen molar-refractivity contribution >= 4 is 5.69 Å². The van der Waals surface area contributed by atoms with E-state index in [0.29, 0.717) is 0 Å². The highest BCUT2D eigenvalue weighted by Gasteiger charge is 2.17. The maximum Gasteiger partial charge on any atom is 0.0741 e. The number of nitrogens with one attached hydrogen (secondary N) is 1. The van der Waals surface area contributed by atoms with Crippen molar-refractivity contribution in [2.24, 2.45) is 0 Å². The minimum atomic E-state index is -0.239. The van der Waals surface area contributed by atoms with E-state index in [1.165, 1.54) is 6.42 Å². The van der Waals surface area contributed by atoms with Crippen LogP contribution in [0.2, 0.25) is 0 Å². The van der Waals surface area contributed by atoms with E-state index in [9.17, 15) is 5.11 Å². The second-order valence-electron chi connectivity index (χ2n) is 4.97. The molecule has 0 unspecified atom stereocenters. The smallest absolute Gasteiger partial charge is 0.0741 e. The van der Waals surface area contributed by atoms with Crippen LogP contribution in [-0.4, -0.2) is 17.3 Å². The number of aliphatic hydroxyl groups excluding tert-OH is 1. The summed E-state index contributed by atoms with van der Waals surface area (Å²) in [5, 5.41) is 13.7. The number of rotatable bonds is 9. The van der Waals surface area contributed by atoms with Crippen molar-refractivity contribution in [2.45, 2.75) is 64.5 Å². The molecule has 2 N–H and O–H groups in total. The fourth-order valence-electron chi connectivity index (χ4n) is 2.15. The maximum absolute atomic E-state index is 10.3. The molecule has 0 radical (unpaired) electrons. The number of para-hydroxylation sites is 1. The van der Waals surface area contributed by atoms with Crippen molar-refractivity contribution in [3.8, 4) is 0 Å². The second kappa shape index (κ2) is 8.98. The number of benzene rings is 1. The maximum atomic E-state index is 10.3. The average molecular weight is 249 g/mol. The lowest BCUT2D eigenvalue weighted by Gasteiger charge is -2.25. The lowest BCUT2D eigenvalue weighted by Crippen LogP contribution is -2.33. The Morgan fingerprint density at radius 1 is 1.00 bits per heavy atom. The standard InChI is InChI=1S/C16H27NO/c1-3-5-12-15(16(18)13-6-4-2)17-14-10-8-7-9-11-14/h7-11,15-18H,3-6,12-13H2,1-2H3/t15-,16-/m0/s1. The van der Waals surface area contributed by atoms with Crippen LogP contribution in [0.4, 0.5) is 5.69 Å². The number of hydrogen-bond acceptors (Lipinski definition) is 2. The summed E-state index contributed by atoms with van der Waals surface area (Å²) in [5.74, 6) is 0. The van der Waals surface area contributed by atoms with E-state index in [2.05, 4.69) is 31.3 Å². The van der Waals surface area contributed by atoms with Crippen molar-refractivity contribution < 1.29 is 5.11 Å². The van der Waals surface area contributed by atoms with Gasteiger partial charge in [-0.25, -0.2) is 0 Å². The zero-order valence-electron chi connectivity index (χ0n) is 11.7. The van der Waals surface area contributed by atoms with Crippen LogP contribution in [0.1, 0.15) is 52.4 Å². The Labute approximate surface area is 111 Å². The normalized spacial score (nSPS) is 14.2. The first-order valence-electron chi connectivity index (χ1n) is 7.27. The molecule has 18 heavy (non-hydrogen) atoms. The van der Waals surface area contributed by atoms with Crippen LogP contribution in [-0.2, 0) is 0 Å². The topological polar surface area (TPSA) is 32.3 Å². The molecule has 0 aliphatic heterocycles. The minimum absolute atomic E-state index is 0.180. The molecule has 0 aliphatic carbocycles. The van der Waals surface area contributed by atoms with Gasteiger partial charge in [-0.1, -0.05) is 57.7 Å². The molecule has 102 valence electrons. The van der Waals surface area contributed by atoms with Gasteiger partial charge in [0, 0.05) is 5.69 Å². The van der Waals surface area contributed by atoms with Crippen LogP contribution in [0, 0.1) is 0 Å². The summed E-state index contributed by atoms with van der Waals surface area (Å²) < 4.78 is 0. The fourth-order valence-corrected chi connectivity index (χ4v) is 2.15. The molecule has 0 fully saturated rings. The van der Waals surface area contributed by atoms with Gasteiger partial charge < -0.3 is 10.4 Å². The largest absolute Gasteiger partial charge is 0.391 e. The Balaban J connectivity index is 2.54. The van der Waals surface area contributed by atoms with Gasteiger partial charge in [0.05, 0.1) is 12.1 Å². The summed E-state index contributed by atoms with van der Waals surface area (Å²) in [7, 11) is 0. The molecule has 2 heteroatoms. The summed E-state index contributed by atoms with van der Waals surface area (Å²) in [6.45, 7) is 4.36. The van der Waals surface area contributed by atoms with Gasteiger partial charge in [0.15, 0.2) is 0 Å². The van der Waals surface area contributed by atoms with E-state index in [1.54, 1.807) is 0 Å². The monoisotopic (exact) mass is 249 g/mol. The summed E-state index contributed by atoms with van der Waals surface area (Å²) in [4.78, 5) is 0. The first kappa shape index (κ1) is 15.0. The zero-order valence-corrected chi connectivity index (χ0v) is 11.7. The molecule has 2 atom stereocenters. The lowest BCUT2D eigenvalue weighted by molar-refractivity contribution is 0.135. The summed E-state index contributed by atoms with van der Waals surface area (Å²) in [6.07, 6.45) is 6.27. The van der Waals surface area contributed by atoms with E-state index in [0.717, 1.165) is 37.8 Å². The van der Waals surface area contributed by atoms with Crippen LogP contribution >= 0.6 is 0 Å². The Morgan fingerprint density at radius 3 is 2.22 bits per heavy atom. The quantitative estimate of drug-likeness (QED) is 0.687. The van der Waals surface area contributed by atoms with Crippen LogP contribution in [0.5, 0.6) is 0 Å². The van der Waals surface area contributed by atoms with Gasteiger partial charge in [-0.15, -0.1) is 0 Å². The van der Waals surface area contributed by atoms with E-state index in [1.807, 2.05) is 18.2 Å². The van der Waals surface area contributed by atoms with Crippen molar-refractivity contribution in [1.82, 2.24) is 0 Å². The third-order valence-electron chi connectivity index (χ3n) is 3.31. The Morgan fingerprint density at radius 2 is 1.61 bits per heavy atom. The molecule has 0 spiro atoms. The van der Waals surface area contributed by atoms with Crippen LogP contribution < -0.4 is 5.32 Å². The molecular formula is C16H27NO. The van der Waals surface area contributed by atoms with E-state index < -0.39 is 0 Å². The molecule has 0 saturated carbocycles. The minimum Gasteiger partial charge on any atom is -0.391 e. The number of unbranched alkanes of at least 4 members (excludes halogenated alkanes) is 2. The van der Waals surface area contributed by atoms with E-state index >= 15 is 0 Å². The van der Waals surface area contributed by atoms with Crippen LogP contribution in [0.25, 0.3) is 0 Å². The molecule has 1 aromatic rings. The van der Waals surface area contributed by atoms with Crippen molar-refractivity contribution in [3.05, 3.63) is 30.3 Å². The molecule has 0 aliphatic rings. The molecule has 0 aromatic heterocycles. The molecule has 0 saturated heterocycles. The summed E-state index contributed by atoms with van der Waals surface area (Å²) >= 11 is 0. The SMILES string of the molecule is CCCC[C@H](Nc1ccccc1)[C@@H](O)CCCC. The van der Waals surface area contributed by atoms with Crippen molar-refractivity contribution in [3.63, 3.8) is 0 Å². The third-order valence-corrected chi connectivity index (χ3v) is 3.31. The average Bonchev–Trinajstić information content (AvgIpc) is 2.42. The predicted molar refractivity (Wildman–Crippen MR) is 78.9 cm³/mol. The Bertz CT molecular complexity index is 299. The van der Waals surface area contributed by atoms with E-state index in [-0.39, 0.29) is 12.1 Å². The lowest BCUT2D eigenvalue weighted by atomic mass is 9.99. The van der Waals surface area contributed by atoms with Crippen LogP contribution in [0.15, 0.2) is 30.3 Å². The van der Waals surface area contributed by atoms with Gasteiger partial charge in [-0.3, -0.25) is 0 Å². The van der Waals surface area contributed by atoms with Gasteiger partial charge in [-0.2, -0.15) is 0 Å². The van der Waals surface area contributed by atoms with Gasteiger partial charge in [0.25, 0.3) is 0 Å². The first-order valence-corrected chi connectivity index (χ1v) is 7.27. The van der Waals surface area contributed by atoms with Gasteiger partial charge >= 0.3 is 0 Å². The highest BCUT2D eigenvalue weighted by molar-refractivity contribution is 5.43. The Kier molecular flexibility index (Phi) is 7.51. The Hall–Kier alpha value is -1.02. The third kappa shape index (κ3) is 5.54. The number of hydrogen-bond donors (Lipinski definition) is 2. The molecule has 0 amide bonds. The molecule has 0 heterocycles. The van der Waals surface area contributed by atoms with Gasteiger partial charge in [0.2, 0.25) is 0 Å². The highest BCUT2D eigenvalue weighted by atomic mass is 16.3. The van der Waals surface area contributed by atoms with Gasteiger partial charge in [-0.05, 0) is 25.0 Å². The van der Waals surface area contributed by atoms with Crippen molar-refractivity contribution in [1.29, 1.82) is 0 Å². The predicted octanol–water partition coefficient (Wildman–Crippen LogP) is 4.21. The molecule has 0 bridgehead atoms. The summed E-state index contributed by atoms with van der Waals surface area (Å²) in [5.41, 5.74) is 1.11. The molecule has 1 aromatic carbocycles. The fraction of sp³-hybridized carbons (Fsp3) is 0.625. The molecule has 2 nitrogen and oxygen atoms in total. The molecular weight excluding hydrogens is 222 g/mol. The van der Waals surface area contributed by atoms with Gasteiger partial charge in [0.1, 0.15) is 0 Å². The highest BCUT2D eigenvalue weighted by Crippen LogP contribution is 2.16. The second-order valence-corrected chi connectivity index (χ2v) is 4.97. The molecule has 1 rings (SSSR count). The van der Waals surface area contributed by atoms with Crippen molar-refractivity contribution in [2.75, 3.05) is 5.32 Å². The first-order chi connectivity index (χ1) is 8.77. The number of anilines is 1. The van der Waals surface area contributed by atoms with Crippen LogP contribution in [0.3, 0.4) is 0 Å².